The van der Waals surface area contributed by atoms with Crippen LogP contribution in [0.15, 0.2) is 22.7 Å². The van der Waals surface area contributed by atoms with Gasteiger partial charge in [-0.05, 0) is 30.5 Å². The fourth-order valence-electron chi connectivity index (χ4n) is 1.92. The van der Waals surface area contributed by atoms with Crippen LogP contribution in [0.1, 0.15) is 19.8 Å². The van der Waals surface area contributed by atoms with Crippen LogP contribution < -0.4 is 10.6 Å². The molecule has 20 heavy (non-hydrogen) atoms. The van der Waals surface area contributed by atoms with Crippen molar-refractivity contribution < 1.29 is 9.59 Å². The largest absolute Gasteiger partial charge is 0.355 e. The van der Waals surface area contributed by atoms with Crippen molar-refractivity contribution >= 4 is 45.0 Å². The number of carbonyl (C=O) groups is 2. The van der Waals surface area contributed by atoms with Gasteiger partial charge in [0.25, 0.3) is 0 Å². The fourth-order valence-corrected chi connectivity index (χ4v) is 2.64. The molecule has 4 nitrogen and oxygen atoms in total. The summed E-state index contributed by atoms with van der Waals surface area (Å²) in [6.45, 7) is 2.40. The van der Waals surface area contributed by atoms with Crippen molar-refractivity contribution in [2.75, 3.05) is 11.9 Å². The normalized spacial score (nSPS) is 20.4. The summed E-state index contributed by atoms with van der Waals surface area (Å²) in [6.07, 6.45) is 1.19. The predicted octanol–water partition coefficient (Wildman–Crippen LogP) is 3.20. The summed E-state index contributed by atoms with van der Waals surface area (Å²) in [7, 11) is 0. The van der Waals surface area contributed by atoms with Crippen molar-refractivity contribution in [3.05, 3.63) is 27.7 Å². The molecule has 1 fully saturated rings. The first-order chi connectivity index (χ1) is 9.47. The molecule has 0 spiro atoms. The van der Waals surface area contributed by atoms with Crippen LogP contribution in [0.4, 0.5) is 5.69 Å². The van der Waals surface area contributed by atoms with E-state index in [2.05, 4.69) is 26.6 Å². The van der Waals surface area contributed by atoms with E-state index < -0.39 is 0 Å². The molecule has 1 saturated carbocycles. The molecule has 2 rings (SSSR count). The zero-order valence-corrected chi connectivity index (χ0v) is 13.4. The molecule has 0 unspecified atom stereocenters. The van der Waals surface area contributed by atoms with Gasteiger partial charge < -0.3 is 10.6 Å². The molecule has 2 amide bonds. The molecular weight excluding hydrogens is 344 g/mol. The maximum absolute atomic E-state index is 11.7. The van der Waals surface area contributed by atoms with Crippen LogP contribution in [-0.2, 0) is 9.59 Å². The van der Waals surface area contributed by atoms with E-state index in [4.69, 9.17) is 11.6 Å². The second-order valence-corrected chi connectivity index (χ2v) is 6.36. The summed E-state index contributed by atoms with van der Waals surface area (Å²) in [5.41, 5.74) is 0.571. The van der Waals surface area contributed by atoms with Crippen LogP contribution in [0.3, 0.4) is 0 Å². The minimum Gasteiger partial charge on any atom is -0.355 e. The second-order valence-electron chi connectivity index (χ2n) is 5.03. The zero-order chi connectivity index (χ0) is 14.7. The Morgan fingerprint density at radius 3 is 2.75 bits per heavy atom. The van der Waals surface area contributed by atoms with E-state index in [0.717, 1.165) is 10.9 Å². The molecule has 1 aliphatic rings. The third kappa shape index (κ3) is 4.21. The molecule has 2 N–H and O–H groups in total. The van der Waals surface area contributed by atoms with Gasteiger partial charge in [-0.1, -0.05) is 34.5 Å². The summed E-state index contributed by atoms with van der Waals surface area (Å²) < 4.78 is 0.853. The highest BCUT2D eigenvalue weighted by Crippen LogP contribution is 2.37. The van der Waals surface area contributed by atoms with Crippen LogP contribution in [0, 0.1) is 11.8 Å². The Morgan fingerprint density at radius 1 is 1.45 bits per heavy atom. The molecule has 0 aliphatic heterocycles. The number of halogens is 2. The van der Waals surface area contributed by atoms with Gasteiger partial charge in [-0.15, -0.1) is 0 Å². The van der Waals surface area contributed by atoms with Crippen LogP contribution >= 0.6 is 27.5 Å². The molecule has 1 aromatic rings. The summed E-state index contributed by atoms with van der Waals surface area (Å²) in [6, 6.07) is 5.25. The van der Waals surface area contributed by atoms with Crippen molar-refractivity contribution in [2.45, 2.75) is 19.8 Å². The third-order valence-corrected chi connectivity index (χ3v) is 4.11. The van der Waals surface area contributed by atoms with E-state index in [1.165, 1.54) is 0 Å². The minimum absolute atomic E-state index is 0.0481. The summed E-state index contributed by atoms with van der Waals surface area (Å²) in [4.78, 5) is 23.3. The molecule has 0 aromatic heterocycles. The summed E-state index contributed by atoms with van der Waals surface area (Å²) >= 11 is 9.31. The number of carbonyl (C=O) groups excluding carboxylic acids is 2. The number of rotatable bonds is 5. The van der Waals surface area contributed by atoms with E-state index in [9.17, 15) is 9.59 Å². The number of amides is 2. The lowest BCUT2D eigenvalue weighted by atomic mass is 10.3. The smallest absolute Gasteiger partial charge is 0.226 e. The lowest BCUT2D eigenvalue weighted by Crippen LogP contribution is -2.29. The first-order valence-electron chi connectivity index (χ1n) is 6.50. The molecule has 0 heterocycles. The average Bonchev–Trinajstić information content (AvgIpc) is 3.10. The molecule has 1 aliphatic carbocycles. The van der Waals surface area contributed by atoms with Gasteiger partial charge in [0.15, 0.2) is 0 Å². The van der Waals surface area contributed by atoms with Gasteiger partial charge in [0.1, 0.15) is 0 Å². The molecule has 108 valence electrons. The quantitative estimate of drug-likeness (QED) is 0.848. The Bertz CT molecular complexity index is 536. The fraction of sp³-hybridized carbons (Fsp3) is 0.429. The maximum atomic E-state index is 11.7. The highest BCUT2D eigenvalue weighted by molar-refractivity contribution is 9.10. The van der Waals surface area contributed by atoms with Crippen molar-refractivity contribution in [3.63, 3.8) is 0 Å². The van der Waals surface area contributed by atoms with Gasteiger partial charge in [0.05, 0.1) is 10.7 Å². The van der Waals surface area contributed by atoms with E-state index in [0.29, 0.717) is 23.2 Å². The molecular formula is C14H16BrClN2O2. The highest BCUT2D eigenvalue weighted by Gasteiger charge is 2.38. The average molecular weight is 360 g/mol. The van der Waals surface area contributed by atoms with Crippen LogP contribution in [0.25, 0.3) is 0 Å². The summed E-state index contributed by atoms with van der Waals surface area (Å²) in [5.74, 6) is 0.495. The van der Waals surface area contributed by atoms with Gasteiger partial charge in [-0.25, -0.2) is 0 Å². The van der Waals surface area contributed by atoms with E-state index >= 15 is 0 Å². The number of hydrogen-bond acceptors (Lipinski definition) is 2. The van der Waals surface area contributed by atoms with Crippen molar-refractivity contribution in [1.29, 1.82) is 0 Å². The van der Waals surface area contributed by atoms with Crippen molar-refractivity contribution in [2.24, 2.45) is 11.8 Å². The first-order valence-corrected chi connectivity index (χ1v) is 7.67. The Morgan fingerprint density at radius 2 is 2.15 bits per heavy atom. The topological polar surface area (TPSA) is 58.2 Å². The Labute approximate surface area is 131 Å². The standard InChI is InChI=1S/C14H16BrClN2O2/c1-8-6-10(8)14(20)17-5-4-13(19)18-12-3-2-9(15)7-11(12)16/h2-3,7-8,10H,4-6H2,1H3,(H,17,20)(H,18,19)/t8-,10-/m0/s1. The molecule has 0 radical (unpaired) electrons. The van der Waals surface area contributed by atoms with Gasteiger partial charge in [-0.3, -0.25) is 9.59 Å². The van der Waals surface area contributed by atoms with Gasteiger partial charge in [-0.2, -0.15) is 0 Å². The number of benzene rings is 1. The predicted molar refractivity (Wildman–Crippen MR) is 82.7 cm³/mol. The van der Waals surface area contributed by atoms with Crippen molar-refractivity contribution in [3.8, 4) is 0 Å². The Hall–Kier alpha value is -1.07. The van der Waals surface area contributed by atoms with Crippen LogP contribution in [-0.4, -0.2) is 18.4 Å². The van der Waals surface area contributed by atoms with Gasteiger partial charge in [0.2, 0.25) is 11.8 Å². The summed E-state index contributed by atoms with van der Waals surface area (Å²) in [5, 5.41) is 5.97. The van der Waals surface area contributed by atoms with Crippen LogP contribution in [0.2, 0.25) is 5.02 Å². The second kappa shape index (κ2) is 6.59. The monoisotopic (exact) mass is 358 g/mol. The molecule has 0 saturated heterocycles. The number of nitrogens with one attached hydrogen (secondary N) is 2. The number of anilines is 1. The van der Waals surface area contributed by atoms with Crippen LogP contribution in [0.5, 0.6) is 0 Å². The van der Waals surface area contributed by atoms with Gasteiger partial charge >= 0.3 is 0 Å². The van der Waals surface area contributed by atoms with Gasteiger partial charge in [0, 0.05) is 23.4 Å². The Balaban J connectivity index is 1.73. The van der Waals surface area contributed by atoms with E-state index in [1.54, 1.807) is 18.2 Å². The highest BCUT2D eigenvalue weighted by atomic mass is 79.9. The lowest BCUT2D eigenvalue weighted by Gasteiger charge is -2.08. The van der Waals surface area contributed by atoms with E-state index in [-0.39, 0.29) is 24.2 Å². The molecule has 2 atom stereocenters. The Kier molecular flexibility index (Phi) is 5.05. The minimum atomic E-state index is -0.168. The zero-order valence-electron chi connectivity index (χ0n) is 11.1. The molecule has 1 aromatic carbocycles. The SMILES string of the molecule is C[C@H]1C[C@@H]1C(=O)NCCC(=O)Nc1ccc(Br)cc1Cl. The third-order valence-electron chi connectivity index (χ3n) is 3.30. The molecule has 0 bridgehead atoms. The number of hydrogen-bond donors (Lipinski definition) is 2. The van der Waals surface area contributed by atoms with Crippen molar-refractivity contribution in [1.82, 2.24) is 5.32 Å². The molecule has 6 heteroatoms. The van der Waals surface area contributed by atoms with E-state index in [1.807, 2.05) is 6.92 Å². The lowest BCUT2D eigenvalue weighted by molar-refractivity contribution is -0.122. The first kappa shape index (κ1) is 15.3. The maximum Gasteiger partial charge on any atom is 0.226 e.